The minimum absolute atomic E-state index is 0.226. The van der Waals surface area contributed by atoms with Crippen LogP contribution in [0.1, 0.15) is 28.3 Å². The van der Waals surface area contributed by atoms with Crippen LogP contribution in [0.3, 0.4) is 0 Å². The summed E-state index contributed by atoms with van der Waals surface area (Å²) < 4.78 is 11.2. The molecule has 3 rings (SSSR count). The zero-order valence-corrected chi connectivity index (χ0v) is 13.4. The van der Waals surface area contributed by atoms with Gasteiger partial charge in [0.15, 0.2) is 5.76 Å². The van der Waals surface area contributed by atoms with Crippen LogP contribution in [-0.2, 0) is 11.4 Å². The summed E-state index contributed by atoms with van der Waals surface area (Å²) in [5.41, 5.74) is 0.802. The highest BCUT2D eigenvalue weighted by Crippen LogP contribution is 2.23. The Balaban J connectivity index is 1.65. The van der Waals surface area contributed by atoms with Crippen molar-refractivity contribution in [3.8, 4) is 5.75 Å². The summed E-state index contributed by atoms with van der Waals surface area (Å²) in [5, 5.41) is 9.03. The zero-order chi connectivity index (χ0) is 17.1. The average Bonchev–Trinajstić information content (AvgIpc) is 3.20. The SMILES string of the molecule is Cc1oc(C(=O)N2CC[C@H](C(=O)O)C2)cc1COc1ccccc1. The summed E-state index contributed by atoms with van der Waals surface area (Å²) in [6, 6.07) is 11.1. The van der Waals surface area contributed by atoms with Crippen LogP contribution < -0.4 is 4.74 Å². The van der Waals surface area contributed by atoms with Gasteiger partial charge < -0.3 is 19.2 Å². The van der Waals surface area contributed by atoms with E-state index in [2.05, 4.69) is 0 Å². The summed E-state index contributed by atoms with van der Waals surface area (Å²) in [7, 11) is 0. The molecule has 24 heavy (non-hydrogen) atoms. The number of likely N-dealkylation sites (tertiary alicyclic amines) is 1. The predicted octanol–water partition coefficient (Wildman–Crippen LogP) is 2.71. The number of carboxylic acids is 1. The lowest BCUT2D eigenvalue weighted by atomic mass is 10.1. The highest BCUT2D eigenvalue weighted by atomic mass is 16.5. The van der Waals surface area contributed by atoms with E-state index < -0.39 is 11.9 Å². The molecule has 1 aromatic heterocycles. The molecule has 1 atom stereocenters. The summed E-state index contributed by atoms with van der Waals surface area (Å²) in [4.78, 5) is 25.0. The van der Waals surface area contributed by atoms with E-state index in [4.69, 9.17) is 14.3 Å². The lowest BCUT2D eigenvalue weighted by Crippen LogP contribution is -2.29. The Morgan fingerprint density at radius 3 is 2.75 bits per heavy atom. The van der Waals surface area contributed by atoms with Crippen molar-refractivity contribution in [1.29, 1.82) is 0 Å². The highest BCUT2D eigenvalue weighted by molar-refractivity contribution is 5.92. The number of benzene rings is 1. The molecule has 0 aliphatic carbocycles. The van der Waals surface area contributed by atoms with Crippen molar-refractivity contribution < 1.29 is 23.8 Å². The Morgan fingerprint density at radius 2 is 2.08 bits per heavy atom. The molecule has 0 spiro atoms. The van der Waals surface area contributed by atoms with Crippen molar-refractivity contribution in [1.82, 2.24) is 4.90 Å². The van der Waals surface area contributed by atoms with E-state index in [1.807, 2.05) is 30.3 Å². The zero-order valence-electron chi connectivity index (χ0n) is 13.4. The number of hydrogen-bond acceptors (Lipinski definition) is 4. The van der Waals surface area contributed by atoms with Gasteiger partial charge in [-0.2, -0.15) is 0 Å². The molecule has 0 bridgehead atoms. The molecule has 1 N–H and O–H groups in total. The standard InChI is InChI=1S/C18H19NO5/c1-12-14(11-23-15-5-3-2-4-6-15)9-16(24-12)17(20)19-8-7-13(10-19)18(21)22/h2-6,9,13H,7-8,10-11H2,1H3,(H,21,22)/t13-/m0/s1. The minimum Gasteiger partial charge on any atom is -0.489 e. The molecule has 6 heteroatoms. The van der Waals surface area contributed by atoms with Gasteiger partial charge in [-0.1, -0.05) is 18.2 Å². The molecule has 1 aliphatic rings. The normalized spacial score (nSPS) is 17.0. The maximum atomic E-state index is 12.5. The Bertz CT molecular complexity index is 737. The number of carbonyl (C=O) groups excluding carboxylic acids is 1. The summed E-state index contributed by atoms with van der Waals surface area (Å²) in [6.07, 6.45) is 0.477. The molecular formula is C18H19NO5. The van der Waals surface area contributed by atoms with Crippen LogP contribution in [-0.4, -0.2) is 35.0 Å². The molecule has 0 radical (unpaired) electrons. The third kappa shape index (κ3) is 3.42. The number of rotatable bonds is 5. The second-order valence-electron chi connectivity index (χ2n) is 5.87. The van der Waals surface area contributed by atoms with Crippen LogP contribution in [0, 0.1) is 12.8 Å². The molecule has 126 valence electrons. The fourth-order valence-electron chi connectivity index (χ4n) is 2.75. The molecule has 2 aromatic rings. The van der Waals surface area contributed by atoms with Gasteiger partial charge in [0.05, 0.1) is 5.92 Å². The van der Waals surface area contributed by atoms with Crippen molar-refractivity contribution in [2.45, 2.75) is 20.0 Å². The van der Waals surface area contributed by atoms with Crippen molar-refractivity contribution in [3.05, 3.63) is 53.5 Å². The largest absolute Gasteiger partial charge is 0.489 e. The second-order valence-corrected chi connectivity index (χ2v) is 5.87. The van der Waals surface area contributed by atoms with Gasteiger partial charge in [0.25, 0.3) is 5.91 Å². The Morgan fingerprint density at radius 1 is 1.33 bits per heavy atom. The highest BCUT2D eigenvalue weighted by Gasteiger charge is 2.32. The van der Waals surface area contributed by atoms with Crippen LogP contribution in [0.2, 0.25) is 0 Å². The molecule has 0 unspecified atom stereocenters. The summed E-state index contributed by atoms with van der Waals surface area (Å²) in [6.45, 7) is 2.75. The molecule has 0 saturated carbocycles. The van der Waals surface area contributed by atoms with Crippen molar-refractivity contribution in [2.75, 3.05) is 13.1 Å². The first-order chi connectivity index (χ1) is 11.5. The fourth-order valence-corrected chi connectivity index (χ4v) is 2.75. The second kappa shape index (κ2) is 6.78. The number of nitrogens with zero attached hydrogens (tertiary/aromatic N) is 1. The summed E-state index contributed by atoms with van der Waals surface area (Å²) >= 11 is 0. The third-order valence-electron chi connectivity index (χ3n) is 4.19. The van der Waals surface area contributed by atoms with Crippen molar-refractivity contribution in [3.63, 3.8) is 0 Å². The number of hydrogen-bond donors (Lipinski definition) is 1. The number of carbonyl (C=O) groups is 2. The van der Waals surface area contributed by atoms with Crippen LogP contribution >= 0.6 is 0 Å². The third-order valence-corrected chi connectivity index (χ3v) is 4.19. The van der Waals surface area contributed by atoms with E-state index in [9.17, 15) is 9.59 Å². The van der Waals surface area contributed by atoms with E-state index in [0.717, 1.165) is 11.3 Å². The Kier molecular flexibility index (Phi) is 4.55. The fraction of sp³-hybridized carbons (Fsp3) is 0.333. The minimum atomic E-state index is -0.863. The summed E-state index contributed by atoms with van der Waals surface area (Å²) in [5.74, 6) is -0.0279. The molecule has 1 fully saturated rings. The first-order valence-corrected chi connectivity index (χ1v) is 7.84. The number of ether oxygens (including phenoxy) is 1. The van der Waals surface area contributed by atoms with E-state index in [1.54, 1.807) is 13.0 Å². The van der Waals surface area contributed by atoms with Crippen molar-refractivity contribution >= 4 is 11.9 Å². The van der Waals surface area contributed by atoms with Gasteiger partial charge in [0, 0.05) is 18.7 Å². The molecular weight excluding hydrogens is 310 g/mol. The van der Waals surface area contributed by atoms with E-state index in [1.165, 1.54) is 4.90 Å². The smallest absolute Gasteiger partial charge is 0.308 e. The van der Waals surface area contributed by atoms with E-state index >= 15 is 0 Å². The Labute approximate surface area is 139 Å². The Hall–Kier alpha value is -2.76. The molecule has 6 nitrogen and oxygen atoms in total. The number of para-hydroxylation sites is 1. The topological polar surface area (TPSA) is 80.0 Å². The lowest BCUT2D eigenvalue weighted by Gasteiger charge is -2.13. The van der Waals surface area contributed by atoms with Crippen LogP contribution in [0.15, 0.2) is 40.8 Å². The van der Waals surface area contributed by atoms with E-state index in [-0.39, 0.29) is 18.2 Å². The number of furan rings is 1. The molecule has 1 aliphatic heterocycles. The number of aliphatic carboxylic acids is 1. The number of carboxylic acid groups (broad SMARTS) is 1. The first-order valence-electron chi connectivity index (χ1n) is 7.84. The monoisotopic (exact) mass is 329 g/mol. The van der Waals surface area contributed by atoms with E-state index in [0.29, 0.717) is 25.3 Å². The predicted molar refractivity (Wildman–Crippen MR) is 85.9 cm³/mol. The van der Waals surface area contributed by atoms with Crippen LogP contribution in [0.5, 0.6) is 5.75 Å². The van der Waals surface area contributed by atoms with Gasteiger partial charge in [0.2, 0.25) is 0 Å². The number of amides is 1. The molecule has 2 heterocycles. The quantitative estimate of drug-likeness (QED) is 0.912. The average molecular weight is 329 g/mol. The molecule has 1 amide bonds. The van der Waals surface area contributed by atoms with Gasteiger partial charge in [-0.05, 0) is 31.5 Å². The maximum absolute atomic E-state index is 12.5. The van der Waals surface area contributed by atoms with Crippen LogP contribution in [0.25, 0.3) is 0 Å². The molecule has 1 saturated heterocycles. The number of aryl methyl sites for hydroxylation is 1. The maximum Gasteiger partial charge on any atom is 0.308 e. The molecule has 1 aromatic carbocycles. The van der Waals surface area contributed by atoms with Crippen molar-refractivity contribution in [2.24, 2.45) is 5.92 Å². The first kappa shape index (κ1) is 16.1. The van der Waals surface area contributed by atoms with Gasteiger partial charge >= 0.3 is 5.97 Å². The van der Waals surface area contributed by atoms with Gasteiger partial charge in [-0.3, -0.25) is 9.59 Å². The van der Waals surface area contributed by atoms with Gasteiger partial charge in [-0.25, -0.2) is 0 Å². The van der Waals surface area contributed by atoms with Gasteiger partial charge in [0.1, 0.15) is 18.1 Å². The van der Waals surface area contributed by atoms with Crippen LogP contribution in [0.4, 0.5) is 0 Å². The van der Waals surface area contributed by atoms with Gasteiger partial charge in [-0.15, -0.1) is 0 Å². The lowest BCUT2D eigenvalue weighted by molar-refractivity contribution is -0.141.